The Hall–Kier alpha value is -3.04. The number of rotatable bonds is 8. The van der Waals surface area contributed by atoms with E-state index in [1.165, 1.54) is 0 Å². The predicted molar refractivity (Wildman–Crippen MR) is 124 cm³/mol. The van der Waals surface area contributed by atoms with Gasteiger partial charge in [0.25, 0.3) is 5.91 Å². The molecule has 1 aliphatic rings. The highest BCUT2D eigenvalue weighted by Crippen LogP contribution is 2.29. The van der Waals surface area contributed by atoms with E-state index >= 15 is 0 Å². The maximum absolute atomic E-state index is 13.2. The van der Waals surface area contributed by atoms with Crippen molar-refractivity contribution in [1.82, 2.24) is 29.6 Å². The Kier molecular flexibility index (Phi) is 7.20. The Morgan fingerprint density at radius 2 is 1.97 bits per heavy atom. The average Bonchev–Trinajstić information content (AvgIpc) is 3.43. The van der Waals surface area contributed by atoms with Crippen LogP contribution in [0.5, 0.6) is 0 Å². The Labute approximate surface area is 194 Å². The second-order valence-corrected chi connectivity index (χ2v) is 8.55. The van der Waals surface area contributed by atoms with Gasteiger partial charge in [-0.05, 0) is 57.2 Å². The van der Waals surface area contributed by atoms with Crippen molar-refractivity contribution in [3.63, 3.8) is 0 Å². The molecule has 1 aliphatic carbocycles. The number of imidazole rings is 1. The second-order valence-electron chi connectivity index (χ2n) is 8.55. The largest absolute Gasteiger partial charge is 0.382 e. The molecular formula is C24H32N6O3. The number of hydrogen-bond acceptors (Lipinski definition) is 6. The van der Waals surface area contributed by atoms with Crippen LogP contribution in [0.4, 0.5) is 0 Å². The van der Waals surface area contributed by atoms with Crippen molar-refractivity contribution in [3.05, 3.63) is 47.9 Å². The lowest BCUT2D eigenvalue weighted by atomic mass is 9.93. The van der Waals surface area contributed by atoms with E-state index in [1.54, 1.807) is 19.6 Å². The number of nitrogens with zero attached hydrogens (tertiary/aromatic N) is 5. The molecule has 1 saturated carbocycles. The molecule has 0 bridgehead atoms. The summed E-state index contributed by atoms with van der Waals surface area (Å²) >= 11 is 0. The van der Waals surface area contributed by atoms with Crippen LogP contribution in [0, 0.1) is 13.8 Å². The Balaban J connectivity index is 1.53. The zero-order valence-corrected chi connectivity index (χ0v) is 19.7. The topological polar surface area (TPSA) is 96.1 Å². The van der Waals surface area contributed by atoms with Crippen molar-refractivity contribution < 1.29 is 14.3 Å². The van der Waals surface area contributed by atoms with Gasteiger partial charge < -0.3 is 14.8 Å². The molecule has 0 unspecified atom stereocenters. The fourth-order valence-corrected chi connectivity index (χ4v) is 4.43. The summed E-state index contributed by atoms with van der Waals surface area (Å²) in [7, 11) is 3.60. The summed E-state index contributed by atoms with van der Waals surface area (Å²) in [5.41, 5.74) is 4.27. The Morgan fingerprint density at radius 3 is 2.61 bits per heavy atom. The highest BCUT2D eigenvalue weighted by molar-refractivity contribution is 5.94. The number of amides is 1. The van der Waals surface area contributed by atoms with Crippen molar-refractivity contribution in [1.29, 1.82) is 0 Å². The SMILES string of the molecule is COCCO[C@H]1CC[C@H](NC(=O)c2cc(-c3c(C)nn(C)c3C)cc(-n3ccnc3)n2)CC1. The normalized spacial score (nSPS) is 18.4. The molecular weight excluding hydrogens is 420 g/mol. The van der Waals surface area contributed by atoms with Crippen LogP contribution in [0.15, 0.2) is 30.9 Å². The van der Waals surface area contributed by atoms with E-state index < -0.39 is 0 Å². The zero-order valence-electron chi connectivity index (χ0n) is 19.7. The van der Waals surface area contributed by atoms with Crippen molar-refractivity contribution in [2.24, 2.45) is 7.05 Å². The van der Waals surface area contributed by atoms with Crippen LogP contribution in [0.25, 0.3) is 16.9 Å². The van der Waals surface area contributed by atoms with Crippen LogP contribution < -0.4 is 5.32 Å². The predicted octanol–water partition coefficient (Wildman–Crippen LogP) is 2.99. The van der Waals surface area contributed by atoms with Crippen molar-refractivity contribution >= 4 is 5.91 Å². The number of carbonyl (C=O) groups excluding carboxylic acids is 1. The summed E-state index contributed by atoms with van der Waals surface area (Å²) in [5.74, 6) is 0.481. The lowest BCUT2D eigenvalue weighted by Gasteiger charge is -2.29. The maximum Gasteiger partial charge on any atom is 0.270 e. The number of pyridine rings is 1. The molecule has 0 aliphatic heterocycles. The fraction of sp³-hybridized carbons (Fsp3) is 0.500. The lowest BCUT2D eigenvalue weighted by molar-refractivity contribution is -0.00409. The molecule has 33 heavy (non-hydrogen) atoms. The third-order valence-corrected chi connectivity index (χ3v) is 6.26. The molecule has 9 nitrogen and oxygen atoms in total. The first-order valence-electron chi connectivity index (χ1n) is 11.4. The Bertz CT molecular complexity index is 1080. The summed E-state index contributed by atoms with van der Waals surface area (Å²) < 4.78 is 14.6. The van der Waals surface area contributed by atoms with E-state index in [0.29, 0.717) is 24.7 Å². The molecule has 0 saturated heterocycles. The van der Waals surface area contributed by atoms with Gasteiger partial charge in [-0.1, -0.05) is 0 Å². The summed E-state index contributed by atoms with van der Waals surface area (Å²) in [4.78, 5) is 22.0. The van der Waals surface area contributed by atoms with E-state index in [2.05, 4.69) is 20.4 Å². The van der Waals surface area contributed by atoms with Gasteiger partial charge in [-0.25, -0.2) is 9.97 Å². The van der Waals surface area contributed by atoms with Gasteiger partial charge in [-0.3, -0.25) is 14.0 Å². The first-order valence-corrected chi connectivity index (χ1v) is 11.4. The third kappa shape index (κ3) is 5.31. The molecule has 0 radical (unpaired) electrons. The van der Waals surface area contributed by atoms with Gasteiger partial charge in [0.2, 0.25) is 0 Å². The monoisotopic (exact) mass is 452 g/mol. The molecule has 9 heteroatoms. The zero-order chi connectivity index (χ0) is 23.4. The summed E-state index contributed by atoms with van der Waals surface area (Å²) in [6.45, 7) is 5.22. The number of nitrogens with one attached hydrogen (secondary N) is 1. The molecule has 0 aromatic carbocycles. The first-order chi connectivity index (χ1) is 16.0. The van der Waals surface area contributed by atoms with Gasteiger partial charge in [-0.15, -0.1) is 0 Å². The van der Waals surface area contributed by atoms with Gasteiger partial charge in [0.1, 0.15) is 17.8 Å². The van der Waals surface area contributed by atoms with E-state index in [4.69, 9.17) is 9.47 Å². The van der Waals surface area contributed by atoms with Gasteiger partial charge in [0, 0.05) is 43.9 Å². The highest BCUT2D eigenvalue weighted by Gasteiger charge is 2.24. The smallest absolute Gasteiger partial charge is 0.270 e. The molecule has 1 amide bonds. The third-order valence-electron chi connectivity index (χ3n) is 6.26. The molecule has 3 heterocycles. The minimum absolute atomic E-state index is 0.115. The first kappa shape index (κ1) is 23.1. The van der Waals surface area contributed by atoms with Crippen LogP contribution in [0.1, 0.15) is 47.6 Å². The number of carbonyl (C=O) groups is 1. The highest BCUT2D eigenvalue weighted by atomic mass is 16.5. The molecule has 0 spiro atoms. The molecule has 1 fully saturated rings. The second kappa shape index (κ2) is 10.3. The molecule has 176 valence electrons. The van der Waals surface area contributed by atoms with E-state index in [1.807, 2.05) is 48.5 Å². The average molecular weight is 453 g/mol. The fourth-order valence-electron chi connectivity index (χ4n) is 4.43. The van der Waals surface area contributed by atoms with E-state index in [9.17, 15) is 4.79 Å². The van der Waals surface area contributed by atoms with Gasteiger partial charge >= 0.3 is 0 Å². The van der Waals surface area contributed by atoms with Crippen LogP contribution >= 0.6 is 0 Å². The molecule has 3 aromatic rings. The van der Waals surface area contributed by atoms with Crippen molar-refractivity contribution in [3.8, 4) is 16.9 Å². The lowest BCUT2D eigenvalue weighted by Crippen LogP contribution is -2.39. The summed E-state index contributed by atoms with van der Waals surface area (Å²) in [6.07, 6.45) is 9.06. The number of ether oxygens (including phenoxy) is 2. The quantitative estimate of drug-likeness (QED) is 0.528. The van der Waals surface area contributed by atoms with Crippen molar-refractivity contribution in [2.75, 3.05) is 20.3 Å². The van der Waals surface area contributed by atoms with Crippen LogP contribution in [0.2, 0.25) is 0 Å². The molecule has 1 N–H and O–H groups in total. The maximum atomic E-state index is 13.2. The molecule has 4 rings (SSSR count). The standard InChI is InChI=1S/C24H32N6O3/c1-16-23(17(2)29(3)28-16)18-13-21(27-22(14-18)30-10-9-25-15-30)24(31)26-19-5-7-20(8-6-19)33-12-11-32-4/h9-10,13-15,19-20H,5-8,11-12H2,1-4H3,(H,26,31)/t19-,20-. The number of hydrogen-bond donors (Lipinski definition) is 1. The van der Waals surface area contributed by atoms with Crippen molar-refractivity contribution in [2.45, 2.75) is 51.7 Å². The van der Waals surface area contributed by atoms with Crippen LogP contribution in [-0.2, 0) is 16.5 Å². The minimum atomic E-state index is -0.166. The molecule has 3 aromatic heterocycles. The van der Waals surface area contributed by atoms with Gasteiger partial charge in [0.15, 0.2) is 0 Å². The number of aryl methyl sites for hydroxylation is 2. The van der Waals surface area contributed by atoms with E-state index in [-0.39, 0.29) is 18.1 Å². The number of aromatic nitrogens is 5. The van der Waals surface area contributed by atoms with Crippen LogP contribution in [-0.4, -0.2) is 62.7 Å². The van der Waals surface area contributed by atoms with Crippen LogP contribution in [0.3, 0.4) is 0 Å². The van der Waals surface area contributed by atoms with Gasteiger partial charge in [-0.2, -0.15) is 5.10 Å². The van der Waals surface area contributed by atoms with Gasteiger partial charge in [0.05, 0.1) is 25.0 Å². The van der Waals surface area contributed by atoms with E-state index in [0.717, 1.165) is 48.2 Å². The Morgan fingerprint density at radius 1 is 1.18 bits per heavy atom. The molecule has 0 atom stereocenters. The summed E-state index contributed by atoms with van der Waals surface area (Å²) in [5, 5.41) is 7.72. The minimum Gasteiger partial charge on any atom is -0.382 e. The summed E-state index contributed by atoms with van der Waals surface area (Å²) in [6, 6.07) is 3.94. The number of methoxy groups -OCH3 is 1.